The zero-order chi connectivity index (χ0) is 12.6. The molecule has 0 bridgehead atoms. The van der Waals surface area contributed by atoms with Gasteiger partial charge in [-0.25, -0.2) is 12.8 Å². The summed E-state index contributed by atoms with van der Waals surface area (Å²) in [5, 5.41) is 0. The van der Waals surface area contributed by atoms with Gasteiger partial charge in [-0.2, -0.15) is 0 Å². The third-order valence-electron chi connectivity index (χ3n) is 2.21. The van der Waals surface area contributed by atoms with E-state index in [9.17, 15) is 17.6 Å². The molecule has 0 aliphatic heterocycles. The van der Waals surface area contributed by atoms with Crippen molar-refractivity contribution in [2.24, 2.45) is 0 Å². The molecule has 16 heavy (non-hydrogen) atoms. The van der Waals surface area contributed by atoms with Crippen molar-refractivity contribution in [1.29, 1.82) is 0 Å². The first-order valence-electron chi connectivity index (χ1n) is 4.35. The zero-order valence-electron chi connectivity index (χ0n) is 8.70. The number of carbonyl (C=O) groups is 1. The number of carbonyl (C=O) groups excluding carboxylic acids is 1. The Morgan fingerprint density at radius 2 is 1.75 bits per heavy atom. The van der Waals surface area contributed by atoms with Crippen molar-refractivity contribution >= 4 is 27.2 Å². The summed E-state index contributed by atoms with van der Waals surface area (Å²) >= 11 is 5.71. The molecule has 6 heteroatoms. The van der Waals surface area contributed by atoms with Crippen LogP contribution in [-0.2, 0) is 9.84 Å². The van der Waals surface area contributed by atoms with Gasteiger partial charge in [0.15, 0.2) is 15.6 Å². The first-order chi connectivity index (χ1) is 7.16. The van der Waals surface area contributed by atoms with Gasteiger partial charge in [-0.1, -0.05) is 11.6 Å². The Hall–Kier alpha value is -0.940. The Labute approximate surface area is 98.1 Å². The predicted molar refractivity (Wildman–Crippen MR) is 59.8 cm³/mol. The predicted octanol–water partition coefficient (Wildman–Crippen LogP) is 2.01. The van der Waals surface area contributed by atoms with Crippen molar-refractivity contribution in [2.75, 3.05) is 6.26 Å². The molecule has 0 spiro atoms. The van der Waals surface area contributed by atoms with E-state index in [-0.39, 0.29) is 5.56 Å². The number of hydrogen-bond acceptors (Lipinski definition) is 3. The van der Waals surface area contributed by atoms with Crippen LogP contribution in [0.2, 0.25) is 0 Å². The van der Waals surface area contributed by atoms with Gasteiger partial charge >= 0.3 is 0 Å². The van der Waals surface area contributed by atoms with Crippen LogP contribution in [0.25, 0.3) is 0 Å². The van der Waals surface area contributed by atoms with Crippen LogP contribution >= 0.6 is 11.6 Å². The molecule has 1 aromatic carbocycles. The third kappa shape index (κ3) is 2.41. The molecule has 0 aromatic heterocycles. The van der Waals surface area contributed by atoms with Gasteiger partial charge in [0.1, 0.15) is 5.82 Å². The summed E-state index contributed by atoms with van der Waals surface area (Å²) in [6.07, 6.45) is 0.876. The van der Waals surface area contributed by atoms with Crippen LogP contribution in [0.15, 0.2) is 24.3 Å². The second kappa shape index (κ2) is 4.14. The summed E-state index contributed by atoms with van der Waals surface area (Å²) in [5.41, 5.74) is 0.0596. The van der Waals surface area contributed by atoms with Crippen molar-refractivity contribution in [1.82, 2.24) is 0 Å². The highest BCUT2D eigenvalue weighted by atomic mass is 35.5. The van der Waals surface area contributed by atoms with E-state index >= 15 is 0 Å². The Balaban J connectivity index is 3.18. The summed E-state index contributed by atoms with van der Waals surface area (Å²) in [4.78, 5) is 11.8. The van der Waals surface area contributed by atoms with E-state index in [0.717, 1.165) is 25.3 Å². The van der Waals surface area contributed by atoms with Crippen LogP contribution in [0, 0.1) is 5.82 Å². The molecule has 0 heterocycles. The van der Waals surface area contributed by atoms with Crippen molar-refractivity contribution in [3.63, 3.8) is 0 Å². The standard InChI is InChI=1S/C10H10ClFO3S/c1-10(11,16(2,14)15)9(13)7-3-5-8(12)6-4-7/h3-6H,1-2H3/t10-/m0/s1. The van der Waals surface area contributed by atoms with Gasteiger partial charge in [-0.15, -0.1) is 0 Å². The van der Waals surface area contributed by atoms with Crippen LogP contribution in [0.3, 0.4) is 0 Å². The monoisotopic (exact) mass is 264 g/mol. The first kappa shape index (κ1) is 13.1. The fourth-order valence-corrected chi connectivity index (χ4v) is 1.59. The highest BCUT2D eigenvalue weighted by molar-refractivity contribution is 7.94. The van der Waals surface area contributed by atoms with Gasteiger partial charge in [-0.05, 0) is 31.2 Å². The number of alkyl halides is 1. The van der Waals surface area contributed by atoms with E-state index in [2.05, 4.69) is 0 Å². The maximum atomic E-state index is 12.6. The van der Waals surface area contributed by atoms with Gasteiger partial charge in [0, 0.05) is 11.8 Å². The number of sulfone groups is 1. The second-order valence-electron chi connectivity index (χ2n) is 3.52. The molecule has 0 unspecified atom stereocenters. The fourth-order valence-electron chi connectivity index (χ4n) is 1.03. The fraction of sp³-hybridized carbons (Fsp3) is 0.300. The summed E-state index contributed by atoms with van der Waals surface area (Å²) in [6, 6.07) is 4.54. The Kier molecular flexibility index (Phi) is 3.40. The van der Waals surface area contributed by atoms with Gasteiger partial charge in [0.05, 0.1) is 0 Å². The number of halogens is 2. The molecule has 0 radical (unpaired) electrons. The molecule has 0 amide bonds. The minimum atomic E-state index is -3.74. The summed E-state index contributed by atoms with van der Waals surface area (Å²) in [6.45, 7) is 1.11. The Bertz CT molecular complexity index is 505. The quantitative estimate of drug-likeness (QED) is 0.620. The third-order valence-corrected chi connectivity index (χ3v) is 4.80. The van der Waals surface area contributed by atoms with Crippen molar-refractivity contribution < 1.29 is 17.6 Å². The normalized spacial score (nSPS) is 15.5. The number of ketones is 1. The van der Waals surface area contributed by atoms with Gasteiger partial charge in [0.25, 0.3) is 0 Å². The molecule has 0 aliphatic rings. The van der Waals surface area contributed by atoms with E-state index in [0.29, 0.717) is 0 Å². The highest BCUT2D eigenvalue weighted by Gasteiger charge is 2.41. The van der Waals surface area contributed by atoms with E-state index in [4.69, 9.17) is 11.6 Å². The van der Waals surface area contributed by atoms with Crippen LogP contribution in [0.1, 0.15) is 17.3 Å². The molecular formula is C10H10ClFO3S. The van der Waals surface area contributed by atoms with E-state index in [1.54, 1.807) is 0 Å². The maximum Gasteiger partial charge on any atom is 0.204 e. The number of hydrogen-bond donors (Lipinski definition) is 0. The zero-order valence-corrected chi connectivity index (χ0v) is 10.3. The largest absolute Gasteiger partial charge is 0.291 e. The SMILES string of the molecule is C[C@@](Cl)(C(=O)c1ccc(F)cc1)S(C)(=O)=O. The first-order valence-corrected chi connectivity index (χ1v) is 6.62. The lowest BCUT2D eigenvalue weighted by Gasteiger charge is -2.18. The molecule has 88 valence electrons. The molecule has 1 rings (SSSR count). The summed E-state index contributed by atoms with van der Waals surface area (Å²) in [7, 11) is -3.74. The molecule has 0 aliphatic carbocycles. The number of Topliss-reactive ketones (excluding diaryl/α,β-unsaturated/α-hetero) is 1. The molecule has 3 nitrogen and oxygen atoms in total. The summed E-state index contributed by atoms with van der Waals surface area (Å²) < 4.78 is 33.2. The highest BCUT2D eigenvalue weighted by Crippen LogP contribution is 2.26. The van der Waals surface area contributed by atoms with Gasteiger partial charge in [0.2, 0.25) is 4.21 Å². The molecule has 0 N–H and O–H groups in total. The van der Waals surface area contributed by atoms with Gasteiger partial charge in [-0.3, -0.25) is 4.79 Å². The molecule has 0 saturated carbocycles. The van der Waals surface area contributed by atoms with Crippen LogP contribution in [-0.4, -0.2) is 24.7 Å². The number of benzene rings is 1. The van der Waals surface area contributed by atoms with Crippen molar-refractivity contribution in [3.05, 3.63) is 35.6 Å². The lowest BCUT2D eigenvalue weighted by Crippen LogP contribution is -2.37. The lowest BCUT2D eigenvalue weighted by molar-refractivity contribution is 0.0978. The lowest BCUT2D eigenvalue weighted by atomic mass is 10.1. The summed E-state index contributed by atoms with van der Waals surface area (Å²) in [5.74, 6) is -1.27. The molecule has 0 fully saturated rings. The van der Waals surface area contributed by atoms with Crippen LogP contribution in [0.4, 0.5) is 4.39 Å². The maximum absolute atomic E-state index is 12.6. The van der Waals surface area contributed by atoms with Gasteiger partial charge < -0.3 is 0 Å². The average Bonchev–Trinajstić information content (AvgIpc) is 2.16. The van der Waals surface area contributed by atoms with Crippen molar-refractivity contribution in [2.45, 2.75) is 11.1 Å². The average molecular weight is 265 g/mol. The minimum Gasteiger partial charge on any atom is -0.291 e. The Morgan fingerprint density at radius 3 is 2.12 bits per heavy atom. The van der Waals surface area contributed by atoms with E-state index in [1.165, 1.54) is 12.1 Å². The van der Waals surface area contributed by atoms with Crippen LogP contribution < -0.4 is 0 Å². The second-order valence-corrected chi connectivity index (χ2v) is 6.87. The minimum absolute atomic E-state index is 0.0596. The number of rotatable bonds is 3. The Morgan fingerprint density at radius 1 is 1.31 bits per heavy atom. The topological polar surface area (TPSA) is 51.2 Å². The van der Waals surface area contributed by atoms with Crippen LogP contribution in [0.5, 0.6) is 0 Å². The van der Waals surface area contributed by atoms with E-state index < -0.39 is 25.6 Å². The smallest absolute Gasteiger partial charge is 0.204 e. The van der Waals surface area contributed by atoms with Crippen molar-refractivity contribution in [3.8, 4) is 0 Å². The molecular weight excluding hydrogens is 255 g/mol. The van der Waals surface area contributed by atoms with E-state index in [1.807, 2.05) is 0 Å². The molecule has 1 atom stereocenters. The molecule has 1 aromatic rings. The molecule has 0 saturated heterocycles.